The summed E-state index contributed by atoms with van der Waals surface area (Å²) in [6, 6.07) is 1.86. The molecule has 0 amide bonds. The number of hydrogen-bond acceptors (Lipinski definition) is 1. The fraction of sp³-hybridized carbons (Fsp3) is 0.300. The molecule has 1 N–H and O–H groups in total. The van der Waals surface area contributed by atoms with E-state index in [-0.39, 0.29) is 10.9 Å². The molecule has 0 aliphatic heterocycles. The summed E-state index contributed by atoms with van der Waals surface area (Å²) in [5.74, 6) is -3.75. The van der Waals surface area contributed by atoms with Gasteiger partial charge in [0.2, 0.25) is 0 Å². The highest BCUT2D eigenvalue weighted by Gasteiger charge is 2.45. The van der Waals surface area contributed by atoms with Gasteiger partial charge in [0.05, 0.1) is 5.92 Å². The van der Waals surface area contributed by atoms with Crippen molar-refractivity contribution in [1.82, 2.24) is 0 Å². The summed E-state index contributed by atoms with van der Waals surface area (Å²) in [5, 5.41) is 8.77. The number of benzene rings is 1. The van der Waals surface area contributed by atoms with Crippen molar-refractivity contribution in [1.29, 1.82) is 0 Å². The first-order valence-corrected chi connectivity index (χ1v) is 4.75. The minimum absolute atomic E-state index is 0.0858. The first kappa shape index (κ1) is 10.4. The Morgan fingerprint density at radius 3 is 2.53 bits per heavy atom. The van der Waals surface area contributed by atoms with Crippen LogP contribution in [-0.4, -0.2) is 11.1 Å². The molecule has 0 heterocycles. The van der Waals surface area contributed by atoms with Crippen molar-refractivity contribution in [2.24, 2.45) is 5.92 Å². The topological polar surface area (TPSA) is 37.3 Å². The van der Waals surface area contributed by atoms with Crippen LogP contribution in [0.1, 0.15) is 17.9 Å². The van der Waals surface area contributed by atoms with E-state index in [1.165, 1.54) is 0 Å². The van der Waals surface area contributed by atoms with Crippen LogP contribution in [-0.2, 0) is 4.79 Å². The molecule has 15 heavy (non-hydrogen) atoms. The summed E-state index contributed by atoms with van der Waals surface area (Å²) in [5.41, 5.74) is 0.378. The summed E-state index contributed by atoms with van der Waals surface area (Å²) in [6.07, 6.45) is 0.431. The van der Waals surface area contributed by atoms with Crippen molar-refractivity contribution in [3.05, 3.63) is 34.4 Å². The van der Waals surface area contributed by atoms with Crippen LogP contribution in [0.15, 0.2) is 12.1 Å². The summed E-state index contributed by atoms with van der Waals surface area (Å²) in [7, 11) is 0. The Balaban J connectivity index is 2.31. The van der Waals surface area contributed by atoms with Gasteiger partial charge < -0.3 is 5.11 Å². The van der Waals surface area contributed by atoms with E-state index in [0.29, 0.717) is 12.0 Å². The molecule has 2 rings (SSSR count). The lowest BCUT2D eigenvalue weighted by Crippen LogP contribution is -2.00. The van der Waals surface area contributed by atoms with Crippen LogP contribution in [0.25, 0.3) is 0 Å². The lowest BCUT2D eigenvalue weighted by atomic mass is 10.1. The third-order valence-electron chi connectivity index (χ3n) is 2.55. The van der Waals surface area contributed by atoms with E-state index in [1.807, 2.05) is 0 Å². The average Bonchev–Trinajstić information content (AvgIpc) is 2.90. The van der Waals surface area contributed by atoms with E-state index in [9.17, 15) is 13.6 Å². The predicted molar refractivity (Wildman–Crippen MR) is 49.9 cm³/mol. The zero-order chi connectivity index (χ0) is 11.2. The van der Waals surface area contributed by atoms with E-state index in [1.54, 1.807) is 0 Å². The fourth-order valence-corrected chi connectivity index (χ4v) is 1.92. The Morgan fingerprint density at radius 1 is 1.40 bits per heavy atom. The summed E-state index contributed by atoms with van der Waals surface area (Å²) < 4.78 is 25.6. The Hall–Kier alpha value is -1.16. The lowest BCUT2D eigenvalue weighted by Gasteiger charge is -2.03. The highest BCUT2D eigenvalue weighted by molar-refractivity contribution is 6.31. The number of aliphatic carboxylic acids is 1. The third kappa shape index (κ3) is 1.81. The summed E-state index contributed by atoms with van der Waals surface area (Å²) in [4.78, 5) is 10.6. The SMILES string of the molecule is O=C(O)C1CC1c1cc(F)c(F)cc1Cl. The third-order valence-corrected chi connectivity index (χ3v) is 2.87. The van der Waals surface area contributed by atoms with Gasteiger partial charge in [-0.25, -0.2) is 8.78 Å². The van der Waals surface area contributed by atoms with Gasteiger partial charge in [0.1, 0.15) is 0 Å². The van der Waals surface area contributed by atoms with Crippen LogP contribution < -0.4 is 0 Å². The maximum Gasteiger partial charge on any atom is 0.307 e. The molecule has 0 radical (unpaired) electrons. The number of carboxylic acid groups (broad SMARTS) is 1. The standard InChI is InChI=1S/C10H7ClF2O2/c11-7-3-9(13)8(12)2-5(7)4-1-6(4)10(14)15/h2-4,6H,1H2,(H,14,15). The minimum atomic E-state index is -1.02. The highest BCUT2D eigenvalue weighted by Crippen LogP contribution is 2.49. The Kier molecular flexibility index (Phi) is 2.38. The van der Waals surface area contributed by atoms with Crippen LogP contribution in [0, 0.1) is 17.6 Å². The van der Waals surface area contributed by atoms with Crippen molar-refractivity contribution in [2.75, 3.05) is 0 Å². The van der Waals surface area contributed by atoms with E-state index in [2.05, 4.69) is 0 Å². The molecular formula is C10H7ClF2O2. The summed E-state index contributed by atoms with van der Waals surface area (Å²) in [6.45, 7) is 0. The smallest absolute Gasteiger partial charge is 0.307 e. The number of carbonyl (C=O) groups is 1. The Bertz CT molecular complexity index is 434. The first-order chi connectivity index (χ1) is 7.00. The van der Waals surface area contributed by atoms with Gasteiger partial charge >= 0.3 is 5.97 Å². The zero-order valence-corrected chi connectivity index (χ0v) is 8.26. The minimum Gasteiger partial charge on any atom is -0.481 e. The molecule has 1 aliphatic carbocycles. The monoisotopic (exact) mass is 232 g/mol. The maximum absolute atomic E-state index is 12.9. The second-order valence-electron chi connectivity index (χ2n) is 3.57. The van der Waals surface area contributed by atoms with Gasteiger partial charge in [0, 0.05) is 5.02 Å². The zero-order valence-electron chi connectivity index (χ0n) is 7.51. The van der Waals surface area contributed by atoms with Gasteiger partial charge in [0.25, 0.3) is 0 Å². The number of carboxylic acids is 1. The van der Waals surface area contributed by atoms with E-state index >= 15 is 0 Å². The van der Waals surface area contributed by atoms with Crippen molar-refractivity contribution in [3.63, 3.8) is 0 Å². The molecule has 1 aromatic rings. The molecule has 1 aliphatic rings. The second-order valence-corrected chi connectivity index (χ2v) is 3.98. The van der Waals surface area contributed by atoms with Gasteiger partial charge in [-0.3, -0.25) is 4.79 Å². The van der Waals surface area contributed by atoms with Gasteiger partial charge in [-0.15, -0.1) is 0 Å². The van der Waals surface area contributed by atoms with Crippen LogP contribution in [0.2, 0.25) is 5.02 Å². The number of hydrogen-bond donors (Lipinski definition) is 1. The van der Waals surface area contributed by atoms with Crippen LogP contribution >= 0.6 is 11.6 Å². The second kappa shape index (κ2) is 3.45. The highest BCUT2D eigenvalue weighted by atomic mass is 35.5. The van der Waals surface area contributed by atoms with Gasteiger partial charge in [-0.1, -0.05) is 11.6 Å². The molecule has 1 aromatic carbocycles. The molecule has 1 fully saturated rings. The molecule has 5 heteroatoms. The number of halogens is 3. The van der Waals surface area contributed by atoms with E-state index in [4.69, 9.17) is 16.7 Å². The quantitative estimate of drug-likeness (QED) is 0.796. The van der Waals surface area contributed by atoms with Gasteiger partial charge in [0.15, 0.2) is 11.6 Å². The van der Waals surface area contributed by atoms with Crippen molar-refractivity contribution in [2.45, 2.75) is 12.3 Å². The predicted octanol–water partition coefficient (Wildman–Crippen LogP) is 2.81. The van der Waals surface area contributed by atoms with Gasteiger partial charge in [-0.2, -0.15) is 0 Å². The molecular weight excluding hydrogens is 226 g/mol. The molecule has 0 aromatic heterocycles. The first-order valence-electron chi connectivity index (χ1n) is 4.38. The van der Waals surface area contributed by atoms with Crippen molar-refractivity contribution < 1.29 is 18.7 Å². The van der Waals surface area contributed by atoms with E-state index < -0.39 is 23.5 Å². The molecule has 1 saturated carbocycles. The Labute approximate surface area is 89.5 Å². The Morgan fingerprint density at radius 2 is 2.00 bits per heavy atom. The molecule has 2 nitrogen and oxygen atoms in total. The molecule has 0 spiro atoms. The van der Waals surface area contributed by atoms with Gasteiger partial charge in [-0.05, 0) is 30.0 Å². The summed E-state index contributed by atoms with van der Waals surface area (Å²) >= 11 is 5.71. The van der Waals surface area contributed by atoms with Crippen molar-refractivity contribution >= 4 is 17.6 Å². The maximum atomic E-state index is 12.9. The molecule has 0 bridgehead atoms. The number of rotatable bonds is 2. The van der Waals surface area contributed by atoms with Crippen LogP contribution in [0.3, 0.4) is 0 Å². The molecule has 2 unspecified atom stereocenters. The average molecular weight is 233 g/mol. The molecule has 80 valence electrons. The fourth-order valence-electron chi connectivity index (χ4n) is 1.63. The largest absolute Gasteiger partial charge is 0.481 e. The van der Waals surface area contributed by atoms with Crippen molar-refractivity contribution in [3.8, 4) is 0 Å². The van der Waals surface area contributed by atoms with Crippen LogP contribution in [0.4, 0.5) is 8.78 Å². The molecule has 0 saturated heterocycles. The molecule has 2 atom stereocenters. The lowest BCUT2D eigenvalue weighted by molar-refractivity contribution is -0.138. The van der Waals surface area contributed by atoms with Crippen LogP contribution in [0.5, 0.6) is 0 Å². The van der Waals surface area contributed by atoms with E-state index in [0.717, 1.165) is 12.1 Å². The normalized spacial score (nSPS) is 23.9.